The van der Waals surface area contributed by atoms with Crippen molar-refractivity contribution >= 4 is 0 Å². The van der Waals surface area contributed by atoms with E-state index in [1.807, 2.05) is 0 Å². The fourth-order valence-corrected chi connectivity index (χ4v) is 3.33. The molecular weight excluding hydrogens is 240 g/mol. The second-order valence-corrected chi connectivity index (χ2v) is 6.45. The average molecular weight is 266 g/mol. The molecule has 0 heterocycles. The summed E-state index contributed by atoms with van der Waals surface area (Å²) in [6.45, 7) is 15.6. The monoisotopic (exact) mass is 266 g/mol. The lowest BCUT2D eigenvalue weighted by Crippen LogP contribution is -1.98. The Morgan fingerprint density at radius 3 is 1.70 bits per heavy atom. The smallest absolute Gasteiger partial charge is 0.0122 e. The van der Waals surface area contributed by atoms with Gasteiger partial charge in [0.2, 0.25) is 0 Å². The lowest BCUT2D eigenvalue weighted by atomic mass is 9.87. The van der Waals surface area contributed by atoms with Crippen LogP contribution in [0.5, 0.6) is 0 Å². The molecule has 0 bridgehead atoms. The van der Waals surface area contributed by atoms with Crippen molar-refractivity contribution in [2.24, 2.45) is 0 Å². The Kier molecular flexibility index (Phi) is 4.04. The van der Waals surface area contributed by atoms with E-state index >= 15 is 0 Å². The molecule has 0 unspecified atom stereocenters. The zero-order chi connectivity index (χ0) is 15.0. The van der Waals surface area contributed by atoms with Crippen molar-refractivity contribution in [1.29, 1.82) is 0 Å². The van der Waals surface area contributed by atoms with E-state index in [4.69, 9.17) is 0 Å². The summed E-state index contributed by atoms with van der Waals surface area (Å²) in [5.41, 5.74) is 11.2. The highest BCUT2D eigenvalue weighted by atomic mass is 14.2. The third-order valence-corrected chi connectivity index (χ3v) is 4.18. The molecule has 0 heteroatoms. The fourth-order valence-electron chi connectivity index (χ4n) is 3.33. The van der Waals surface area contributed by atoms with Crippen molar-refractivity contribution < 1.29 is 0 Å². The maximum atomic E-state index is 2.37. The first-order chi connectivity index (χ1) is 9.31. The van der Waals surface area contributed by atoms with Gasteiger partial charge in [-0.05, 0) is 79.5 Å². The van der Waals surface area contributed by atoms with Crippen LogP contribution in [-0.4, -0.2) is 0 Å². The molecule has 2 rings (SSSR count). The standard InChI is InChI=1S/C20H26/c1-12(2)18-10-15(5)19(11-14(18)4)20-16(6)8-13(3)9-17(20)7/h8-12H,1-7H3. The van der Waals surface area contributed by atoms with Crippen molar-refractivity contribution in [3.05, 3.63) is 57.6 Å². The molecule has 0 amide bonds. The lowest BCUT2D eigenvalue weighted by Gasteiger charge is -2.18. The Hall–Kier alpha value is -1.56. The normalized spacial score (nSPS) is 11.2. The van der Waals surface area contributed by atoms with E-state index in [0.29, 0.717) is 5.92 Å². The summed E-state index contributed by atoms with van der Waals surface area (Å²) in [5.74, 6) is 0.586. The van der Waals surface area contributed by atoms with E-state index in [9.17, 15) is 0 Å². The summed E-state index contributed by atoms with van der Waals surface area (Å²) in [6.07, 6.45) is 0. The molecule has 0 radical (unpaired) electrons. The summed E-state index contributed by atoms with van der Waals surface area (Å²) < 4.78 is 0. The van der Waals surface area contributed by atoms with Gasteiger partial charge < -0.3 is 0 Å². The van der Waals surface area contributed by atoms with Crippen molar-refractivity contribution in [2.45, 2.75) is 54.4 Å². The molecule has 20 heavy (non-hydrogen) atoms. The van der Waals surface area contributed by atoms with Gasteiger partial charge in [-0.15, -0.1) is 0 Å². The summed E-state index contributed by atoms with van der Waals surface area (Å²) >= 11 is 0. The number of aryl methyl sites for hydroxylation is 5. The number of hydrogen-bond donors (Lipinski definition) is 0. The lowest BCUT2D eigenvalue weighted by molar-refractivity contribution is 0.855. The van der Waals surface area contributed by atoms with Gasteiger partial charge in [-0.25, -0.2) is 0 Å². The van der Waals surface area contributed by atoms with Gasteiger partial charge in [-0.2, -0.15) is 0 Å². The largest absolute Gasteiger partial charge is 0.0587 e. The van der Waals surface area contributed by atoms with Crippen LogP contribution in [0.4, 0.5) is 0 Å². The van der Waals surface area contributed by atoms with Gasteiger partial charge in [0.25, 0.3) is 0 Å². The highest BCUT2D eigenvalue weighted by molar-refractivity contribution is 5.75. The molecule has 0 aliphatic heterocycles. The van der Waals surface area contributed by atoms with Crippen LogP contribution in [0.3, 0.4) is 0 Å². The van der Waals surface area contributed by atoms with Crippen molar-refractivity contribution in [3.63, 3.8) is 0 Å². The van der Waals surface area contributed by atoms with E-state index in [-0.39, 0.29) is 0 Å². The molecule has 0 atom stereocenters. The zero-order valence-electron chi connectivity index (χ0n) is 13.9. The molecule has 0 spiro atoms. The topological polar surface area (TPSA) is 0 Å². The first-order valence-electron chi connectivity index (χ1n) is 7.50. The Balaban J connectivity index is 2.69. The van der Waals surface area contributed by atoms with Gasteiger partial charge in [0.1, 0.15) is 0 Å². The minimum absolute atomic E-state index is 0.586. The Morgan fingerprint density at radius 2 is 1.20 bits per heavy atom. The molecule has 0 aliphatic carbocycles. The highest BCUT2D eigenvalue weighted by Crippen LogP contribution is 2.34. The van der Waals surface area contributed by atoms with Crippen LogP contribution in [-0.2, 0) is 0 Å². The number of benzene rings is 2. The highest BCUT2D eigenvalue weighted by Gasteiger charge is 2.12. The maximum absolute atomic E-state index is 2.37. The number of hydrogen-bond acceptors (Lipinski definition) is 0. The van der Waals surface area contributed by atoms with Gasteiger partial charge in [-0.3, -0.25) is 0 Å². The Bertz CT molecular complexity index is 622. The van der Waals surface area contributed by atoms with E-state index < -0.39 is 0 Å². The molecule has 2 aromatic carbocycles. The van der Waals surface area contributed by atoms with Crippen LogP contribution in [0, 0.1) is 34.6 Å². The SMILES string of the molecule is Cc1cc(C)c(-c2cc(C)c(C(C)C)cc2C)c(C)c1. The predicted octanol–water partition coefficient (Wildman–Crippen LogP) is 6.02. The molecule has 2 aromatic rings. The van der Waals surface area contributed by atoms with Crippen molar-refractivity contribution in [3.8, 4) is 11.1 Å². The van der Waals surface area contributed by atoms with Gasteiger partial charge in [0, 0.05) is 0 Å². The fraction of sp³-hybridized carbons (Fsp3) is 0.400. The molecular formula is C20H26. The summed E-state index contributed by atoms with van der Waals surface area (Å²) in [6, 6.07) is 9.31. The minimum atomic E-state index is 0.586. The quantitative estimate of drug-likeness (QED) is 0.623. The molecule has 0 N–H and O–H groups in total. The third kappa shape index (κ3) is 2.65. The zero-order valence-corrected chi connectivity index (χ0v) is 13.9. The molecule has 0 aliphatic rings. The summed E-state index contributed by atoms with van der Waals surface area (Å²) in [7, 11) is 0. The molecule has 0 saturated carbocycles. The molecule has 0 aromatic heterocycles. The second kappa shape index (κ2) is 5.44. The molecule has 0 saturated heterocycles. The average Bonchev–Trinajstić information content (AvgIpc) is 2.31. The Labute approximate surface area is 123 Å². The minimum Gasteiger partial charge on any atom is -0.0587 e. The first-order valence-corrected chi connectivity index (χ1v) is 7.50. The van der Waals surface area contributed by atoms with Crippen LogP contribution < -0.4 is 0 Å². The van der Waals surface area contributed by atoms with E-state index in [1.54, 1.807) is 0 Å². The molecule has 0 nitrogen and oxygen atoms in total. The second-order valence-electron chi connectivity index (χ2n) is 6.45. The van der Waals surface area contributed by atoms with Crippen LogP contribution >= 0.6 is 0 Å². The van der Waals surface area contributed by atoms with Gasteiger partial charge in [0.15, 0.2) is 0 Å². The van der Waals surface area contributed by atoms with Gasteiger partial charge in [-0.1, -0.05) is 43.7 Å². The van der Waals surface area contributed by atoms with Crippen LogP contribution in [0.2, 0.25) is 0 Å². The first kappa shape index (κ1) is 14.8. The Morgan fingerprint density at radius 1 is 0.650 bits per heavy atom. The maximum Gasteiger partial charge on any atom is -0.0122 e. The van der Waals surface area contributed by atoms with Gasteiger partial charge in [0.05, 0.1) is 0 Å². The third-order valence-electron chi connectivity index (χ3n) is 4.18. The molecule has 106 valence electrons. The van der Waals surface area contributed by atoms with E-state index in [2.05, 4.69) is 72.7 Å². The summed E-state index contributed by atoms with van der Waals surface area (Å²) in [5, 5.41) is 0. The van der Waals surface area contributed by atoms with Crippen molar-refractivity contribution in [1.82, 2.24) is 0 Å². The predicted molar refractivity (Wildman–Crippen MR) is 89.7 cm³/mol. The summed E-state index contributed by atoms with van der Waals surface area (Å²) in [4.78, 5) is 0. The van der Waals surface area contributed by atoms with E-state index in [0.717, 1.165) is 0 Å². The van der Waals surface area contributed by atoms with E-state index in [1.165, 1.54) is 44.5 Å². The van der Waals surface area contributed by atoms with Crippen LogP contribution in [0.15, 0.2) is 24.3 Å². The van der Waals surface area contributed by atoms with Gasteiger partial charge >= 0.3 is 0 Å². The van der Waals surface area contributed by atoms with Crippen LogP contribution in [0.1, 0.15) is 53.1 Å². The number of rotatable bonds is 2. The van der Waals surface area contributed by atoms with Crippen molar-refractivity contribution in [2.75, 3.05) is 0 Å². The van der Waals surface area contributed by atoms with Crippen LogP contribution in [0.25, 0.3) is 11.1 Å². The molecule has 0 fully saturated rings.